The van der Waals surface area contributed by atoms with Crippen LogP contribution < -0.4 is 5.32 Å². The van der Waals surface area contributed by atoms with Gasteiger partial charge in [0.25, 0.3) is 5.91 Å². The Morgan fingerprint density at radius 2 is 2.06 bits per heavy atom. The fourth-order valence-corrected chi connectivity index (χ4v) is 1.75. The molecule has 0 aliphatic carbocycles. The summed E-state index contributed by atoms with van der Waals surface area (Å²) < 4.78 is 5.89. The van der Waals surface area contributed by atoms with Crippen LogP contribution in [0, 0.1) is 0 Å². The number of rotatable bonds is 4. The van der Waals surface area contributed by atoms with Crippen LogP contribution in [0.25, 0.3) is 0 Å². The number of nitrogens with one attached hydrogen (secondary N) is 1. The van der Waals surface area contributed by atoms with Crippen molar-refractivity contribution in [2.45, 2.75) is 6.10 Å². The fourth-order valence-electron chi connectivity index (χ4n) is 1.49. The molecule has 0 spiro atoms. The first kappa shape index (κ1) is 12.9. The van der Waals surface area contributed by atoms with Crippen molar-refractivity contribution in [1.29, 1.82) is 0 Å². The lowest BCUT2D eigenvalue weighted by atomic mass is 10.1. The van der Waals surface area contributed by atoms with Crippen molar-refractivity contribution in [3.63, 3.8) is 0 Å². The second-order valence-electron chi connectivity index (χ2n) is 3.75. The van der Waals surface area contributed by atoms with Gasteiger partial charge in [-0.3, -0.25) is 4.79 Å². The average molecular weight is 310 g/mol. The number of aliphatic hydroxyl groups is 1. The number of carbonyl (C=O) groups excluding carboxylic acids is 1. The molecule has 0 radical (unpaired) electrons. The van der Waals surface area contributed by atoms with Crippen LogP contribution in [0.2, 0.25) is 0 Å². The van der Waals surface area contributed by atoms with Gasteiger partial charge < -0.3 is 14.8 Å². The fraction of sp³-hybridized carbons (Fsp3) is 0.154. The van der Waals surface area contributed by atoms with Crippen molar-refractivity contribution in [3.8, 4) is 0 Å². The van der Waals surface area contributed by atoms with E-state index in [9.17, 15) is 9.90 Å². The van der Waals surface area contributed by atoms with E-state index in [1.54, 1.807) is 24.3 Å². The molecule has 0 bridgehead atoms. The Morgan fingerprint density at radius 3 is 2.67 bits per heavy atom. The molecule has 18 heavy (non-hydrogen) atoms. The third kappa shape index (κ3) is 3.21. The molecule has 0 saturated heterocycles. The number of halogens is 1. The Balaban J connectivity index is 1.90. The van der Waals surface area contributed by atoms with E-state index in [2.05, 4.69) is 21.2 Å². The van der Waals surface area contributed by atoms with Gasteiger partial charge in [0.05, 0.1) is 12.4 Å². The molecule has 1 aromatic carbocycles. The lowest BCUT2D eigenvalue weighted by Gasteiger charge is -2.11. The summed E-state index contributed by atoms with van der Waals surface area (Å²) >= 11 is 3.32. The van der Waals surface area contributed by atoms with Gasteiger partial charge in [-0.2, -0.15) is 0 Å². The second kappa shape index (κ2) is 5.84. The number of amides is 1. The molecule has 1 unspecified atom stereocenters. The summed E-state index contributed by atoms with van der Waals surface area (Å²) in [5.74, 6) is -0.103. The van der Waals surface area contributed by atoms with E-state index in [1.165, 1.54) is 6.26 Å². The number of benzene rings is 1. The van der Waals surface area contributed by atoms with Crippen molar-refractivity contribution in [3.05, 3.63) is 58.5 Å². The number of hydrogen-bond donors (Lipinski definition) is 2. The van der Waals surface area contributed by atoms with Gasteiger partial charge in [-0.1, -0.05) is 28.1 Å². The maximum atomic E-state index is 11.6. The van der Waals surface area contributed by atoms with E-state index < -0.39 is 6.10 Å². The summed E-state index contributed by atoms with van der Waals surface area (Å²) in [7, 11) is 0. The van der Waals surface area contributed by atoms with E-state index >= 15 is 0 Å². The first-order chi connectivity index (χ1) is 8.66. The zero-order valence-electron chi connectivity index (χ0n) is 9.47. The molecule has 1 amide bonds. The zero-order chi connectivity index (χ0) is 13.0. The molecule has 2 N–H and O–H groups in total. The van der Waals surface area contributed by atoms with E-state index in [1.807, 2.05) is 12.1 Å². The van der Waals surface area contributed by atoms with Crippen molar-refractivity contribution >= 4 is 21.8 Å². The smallest absolute Gasteiger partial charge is 0.287 e. The standard InChI is InChI=1S/C13H12BrNO3/c14-10-5-3-9(4-6-10)11(16)8-15-13(17)12-2-1-7-18-12/h1-7,11,16H,8H2,(H,15,17). The molecule has 0 fully saturated rings. The first-order valence-corrected chi connectivity index (χ1v) is 6.21. The highest BCUT2D eigenvalue weighted by molar-refractivity contribution is 9.10. The van der Waals surface area contributed by atoms with Gasteiger partial charge in [0.2, 0.25) is 0 Å². The third-order valence-corrected chi connectivity index (χ3v) is 2.98. The molecule has 94 valence electrons. The van der Waals surface area contributed by atoms with Crippen LogP contribution >= 0.6 is 15.9 Å². The van der Waals surface area contributed by atoms with Crippen molar-refractivity contribution in [2.24, 2.45) is 0 Å². The molecule has 0 aliphatic heterocycles. The SMILES string of the molecule is O=C(NCC(O)c1ccc(Br)cc1)c1ccco1. The molecule has 2 rings (SSSR count). The third-order valence-electron chi connectivity index (χ3n) is 2.46. The van der Waals surface area contributed by atoms with Gasteiger partial charge in [-0.25, -0.2) is 0 Å². The summed E-state index contributed by atoms with van der Waals surface area (Å²) in [5, 5.41) is 12.5. The van der Waals surface area contributed by atoms with Crippen LogP contribution in [0.5, 0.6) is 0 Å². The molecule has 1 heterocycles. The number of aliphatic hydroxyl groups excluding tert-OH is 1. The quantitative estimate of drug-likeness (QED) is 0.912. The summed E-state index contributed by atoms with van der Waals surface area (Å²) in [5.41, 5.74) is 0.748. The summed E-state index contributed by atoms with van der Waals surface area (Å²) in [6, 6.07) is 10.5. The zero-order valence-corrected chi connectivity index (χ0v) is 11.1. The van der Waals surface area contributed by atoms with Gasteiger partial charge in [-0.05, 0) is 29.8 Å². The van der Waals surface area contributed by atoms with E-state index in [4.69, 9.17) is 4.42 Å². The Hall–Kier alpha value is -1.59. The van der Waals surface area contributed by atoms with E-state index in [0.29, 0.717) is 0 Å². The minimum Gasteiger partial charge on any atom is -0.459 e. The predicted octanol–water partition coefficient (Wildman–Crippen LogP) is 2.51. The number of hydrogen-bond acceptors (Lipinski definition) is 3. The van der Waals surface area contributed by atoms with Gasteiger partial charge in [0.1, 0.15) is 0 Å². The van der Waals surface area contributed by atoms with Crippen LogP contribution in [0.3, 0.4) is 0 Å². The summed E-state index contributed by atoms with van der Waals surface area (Å²) in [6.45, 7) is 0.140. The number of furan rings is 1. The highest BCUT2D eigenvalue weighted by atomic mass is 79.9. The minimum absolute atomic E-state index is 0.140. The van der Waals surface area contributed by atoms with Crippen molar-refractivity contribution in [1.82, 2.24) is 5.32 Å². The first-order valence-electron chi connectivity index (χ1n) is 5.42. The molecule has 1 atom stereocenters. The Labute approximate surface area is 113 Å². The Morgan fingerprint density at radius 1 is 1.33 bits per heavy atom. The molecule has 0 aliphatic rings. The topological polar surface area (TPSA) is 62.5 Å². The molecule has 4 nitrogen and oxygen atoms in total. The highest BCUT2D eigenvalue weighted by Crippen LogP contribution is 2.16. The number of carbonyl (C=O) groups is 1. The average Bonchev–Trinajstić information content (AvgIpc) is 2.90. The monoisotopic (exact) mass is 309 g/mol. The minimum atomic E-state index is -0.739. The Bertz CT molecular complexity index is 508. The molecular formula is C13H12BrNO3. The van der Waals surface area contributed by atoms with Crippen LogP contribution in [0.15, 0.2) is 51.6 Å². The molecule has 5 heteroatoms. The van der Waals surface area contributed by atoms with Crippen LogP contribution in [-0.2, 0) is 0 Å². The van der Waals surface area contributed by atoms with E-state index in [-0.39, 0.29) is 18.2 Å². The lowest BCUT2D eigenvalue weighted by Crippen LogP contribution is -2.28. The van der Waals surface area contributed by atoms with Crippen molar-refractivity contribution in [2.75, 3.05) is 6.54 Å². The van der Waals surface area contributed by atoms with Crippen molar-refractivity contribution < 1.29 is 14.3 Å². The normalized spacial score (nSPS) is 12.1. The lowest BCUT2D eigenvalue weighted by molar-refractivity contribution is 0.0889. The second-order valence-corrected chi connectivity index (χ2v) is 4.67. The molecule has 2 aromatic rings. The van der Waals surface area contributed by atoms with Crippen LogP contribution in [0.4, 0.5) is 0 Å². The van der Waals surface area contributed by atoms with Crippen LogP contribution in [0.1, 0.15) is 22.2 Å². The van der Waals surface area contributed by atoms with Crippen LogP contribution in [-0.4, -0.2) is 17.6 Å². The maximum absolute atomic E-state index is 11.6. The molecular weight excluding hydrogens is 298 g/mol. The van der Waals surface area contributed by atoms with Gasteiger partial charge in [0, 0.05) is 11.0 Å². The largest absolute Gasteiger partial charge is 0.459 e. The summed E-state index contributed by atoms with van der Waals surface area (Å²) in [4.78, 5) is 11.6. The molecule has 0 saturated carbocycles. The van der Waals surface area contributed by atoms with E-state index in [0.717, 1.165) is 10.0 Å². The highest BCUT2D eigenvalue weighted by Gasteiger charge is 2.12. The molecule has 1 aromatic heterocycles. The van der Waals surface area contributed by atoms with Gasteiger partial charge in [0.15, 0.2) is 5.76 Å². The van der Waals surface area contributed by atoms with Gasteiger partial charge >= 0.3 is 0 Å². The Kier molecular flexibility index (Phi) is 4.17. The van der Waals surface area contributed by atoms with Gasteiger partial charge in [-0.15, -0.1) is 0 Å². The summed E-state index contributed by atoms with van der Waals surface area (Å²) in [6.07, 6.45) is 0.692. The predicted molar refractivity (Wildman–Crippen MR) is 70.1 cm³/mol. The maximum Gasteiger partial charge on any atom is 0.287 e.